The Morgan fingerprint density at radius 3 is 2.44 bits per heavy atom. The van der Waals surface area contributed by atoms with Gasteiger partial charge in [0.1, 0.15) is 5.69 Å². The maximum absolute atomic E-state index is 13.7. The summed E-state index contributed by atoms with van der Waals surface area (Å²) >= 11 is 3.24. The van der Waals surface area contributed by atoms with Gasteiger partial charge in [-0.1, -0.05) is 47.0 Å². The summed E-state index contributed by atoms with van der Waals surface area (Å²) in [4.78, 5) is 54.6. The van der Waals surface area contributed by atoms with Crippen LogP contribution in [0.3, 0.4) is 0 Å². The van der Waals surface area contributed by atoms with Crippen molar-refractivity contribution in [3.63, 3.8) is 0 Å². The summed E-state index contributed by atoms with van der Waals surface area (Å²) in [5.74, 6) is -3.90. The van der Waals surface area contributed by atoms with Crippen LogP contribution in [-0.2, 0) is 0 Å². The number of anilines is 1. The molecule has 0 unspecified atom stereocenters. The molecule has 1 saturated carbocycles. The number of aromatic amines is 1. The van der Waals surface area contributed by atoms with Crippen molar-refractivity contribution < 1.29 is 23.3 Å². The van der Waals surface area contributed by atoms with Gasteiger partial charge in [-0.2, -0.15) is 0 Å². The third kappa shape index (κ3) is 6.24. The molecule has 0 bridgehead atoms. The Morgan fingerprint density at radius 2 is 1.73 bits per heavy atom. The van der Waals surface area contributed by atoms with Crippen molar-refractivity contribution in [2.45, 2.75) is 56.5 Å². The van der Waals surface area contributed by atoms with Crippen molar-refractivity contribution in [1.29, 1.82) is 0 Å². The standard InChI is InChI=1S/C28H28BrF2N5O5/c29-16-13-19(27(39)35-11-9-28(30,31)10-12-35)25(23(14-16)36(40)41)33-21-7-3-4-8-22(21)34-26(38)18-15-24(37)32-20-6-2-1-5-17(18)20/h1-2,5-6,13-15,21-22,33H,3-4,7-12H2,(H,32,37)(H,34,38)/t21-,22+/m1/s1. The van der Waals surface area contributed by atoms with E-state index in [9.17, 15) is 33.3 Å². The number of piperidine rings is 1. The molecular weight excluding hydrogens is 604 g/mol. The van der Waals surface area contributed by atoms with Gasteiger partial charge in [-0.25, -0.2) is 8.78 Å². The monoisotopic (exact) mass is 631 g/mol. The number of hydrogen-bond donors (Lipinski definition) is 3. The number of pyridine rings is 1. The van der Waals surface area contributed by atoms with E-state index in [2.05, 4.69) is 31.5 Å². The van der Waals surface area contributed by atoms with Crippen LogP contribution in [0, 0.1) is 10.1 Å². The summed E-state index contributed by atoms with van der Waals surface area (Å²) in [5, 5.41) is 18.8. The van der Waals surface area contributed by atoms with Gasteiger partial charge in [-0.15, -0.1) is 0 Å². The smallest absolute Gasteiger partial charge is 0.294 e. The lowest BCUT2D eigenvalue weighted by Gasteiger charge is -2.35. The van der Waals surface area contributed by atoms with Gasteiger partial charge in [-0.3, -0.25) is 24.5 Å². The molecule has 0 spiro atoms. The molecular formula is C28H28BrF2N5O5. The molecule has 5 rings (SSSR count). The Kier molecular flexibility index (Phi) is 8.07. The first-order chi connectivity index (χ1) is 19.5. The van der Waals surface area contributed by atoms with Crippen LogP contribution in [0.5, 0.6) is 0 Å². The summed E-state index contributed by atoms with van der Waals surface area (Å²) in [5.41, 5.74) is -0.0629. The van der Waals surface area contributed by atoms with Gasteiger partial charge in [0, 0.05) is 65.5 Å². The molecule has 3 aromatic rings. The second-order valence-electron chi connectivity index (χ2n) is 10.5. The fraction of sp³-hybridized carbons (Fsp3) is 0.393. The number of carbonyl (C=O) groups is 2. The van der Waals surface area contributed by atoms with Crippen LogP contribution in [0.4, 0.5) is 20.2 Å². The largest absolute Gasteiger partial charge is 0.374 e. The quantitative estimate of drug-likeness (QED) is 0.252. The molecule has 2 aromatic carbocycles. The highest BCUT2D eigenvalue weighted by molar-refractivity contribution is 9.10. The molecule has 41 heavy (non-hydrogen) atoms. The fourth-order valence-corrected chi connectivity index (χ4v) is 6.01. The highest BCUT2D eigenvalue weighted by Gasteiger charge is 2.38. The maximum atomic E-state index is 13.7. The van der Waals surface area contributed by atoms with Crippen molar-refractivity contribution in [3.8, 4) is 0 Å². The number of para-hydroxylation sites is 1. The molecule has 10 nitrogen and oxygen atoms in total. The van der Waals surface area contributed by atoms with Crippen LogP contribution in [0.2, 0.25) is 0 Å². The molecule has 2 atom stereocenters. The number of likely N-dealkylation sites (tertiary alicyclic amines) is 1. The lowest BCUT2D eigenvalue weighted by atomic mass is 9.89. The molecule has 13 heteroatoms. The molecule has 1 aromatic heterocycles. The fourth-order valence-electron chi connectivity index (χ4n) is 5.56. The van der Waals surface area contributed by atoms with Crippen molar-refractivity contribution in [2.24, 2.45) is 0 Å². The number of halogens is 3. The van der Waals surface area contributed by atoms with E-state index in [1.807, 2.05) is 0 Å². The van der Waals surface area contributed by atoms with Gasteiger partial charge >= 0.3 is 0 Å². The number of alkyl halides is 2. The van der Waals surface area contributed by atoms with Crippen LogP contribution in [-0.4, -0.2) is 57.7 Å². The normalized spacial score (nSPS) is 20.4. The van der Waals surface area contributed by atoms with Gasteiger partial charge < -0.3 is 20.5 Å². The van der Waals surface area contributed by atoms with E-state index in [1.165, 1.54) is 23.1 Å². The Balaban J connectivity index is 1.45. The zero-order chi connectivity index (χ0) is 29.3. The van der Waals surface area contributed by atoms with Gasteiger partial charge in [0.15, 0.2) is 0 Å². The van der Waals surface area contributed by atoms with Gasteiger partial charge in [0.25, 0.3) is 23.4 Å². The first-order valence-electron chi connectivity index (χ1n) is 13.4. The molecule has 1 aliphatic heterocycles. The number of H-pyrrole nitrogens is 1. The Hall–Kier alpha value is -3.87. The number of nitro benzene ring substituents is 1. The van der Waals surface area contributed by atoms with Crippen molar-refractivity contribution in [2.75, 3.05) is 18.4 Å². The zero-order valence-corrected chi connectivity index (χ0v) is 23.5. The van der Waals surface area contributed by atoms with Crippen LogP contribution in [0.1, 0.15) is 59.2 Å². The number of aromatic nitrogens is 1. The Labute approximate surface area is 241 Å². The van der Waals surface area contributed by atoms with Crippen molar-refractivity contribution in [3.05, 3.63) is 78.5 Å². The van der Waals surface area contributed by atoms with Crippen LogP contribution in [0.15, 0.2) is 51.7 Å². The maximum Gasteiger partial charge on any atom is 0.294 e. The molecule has 2 amide bonds. The van der Waals surface area contributed by atoms with E-state index in [0.717, 1.165) is 12.8 Å². The topological polar surface area (TPSA) is 137 Å². The lowest BCUT2D eigenvalue weighted by Crippen LogP contribution is -2.49. The summed E-state index contributed by atoms with van der Waals surface area (Å²) < 4.78 is 27.8. The van der Waals surface area contributed by atoms with Gasteiger partial charge in [0.2, 0.25) is 5.56 Å². The number of nitrogens with one attached hydrogen (secondary N) is 3. The predicted molar refractivity (Wildman–Crippen MR) is 153 cm³/mol. The number of fused-ring (bicyclic) bond motifs is 1. The minimum Gasteiger partial charge on any atom is -0.374 e. The first-order valence-corrected chi connectivity index (χ1v) is 14.2. The number of rotatable bonds is 6. The Bertz CT molecular complexity index is 1570. The van der Waals surface area contributed by atoms with E-state index in [0.29, 0.717) is 28.2 Å². The highest BCUT2D eigenvalue weighted by atomic mass is 79.9. The minimum absolute atomic E-state index is 0.00692. The Morgan fingerprint density at radius 1 is 1.05 bits per heavy atom. The zero-order valence-electron chi connectivity index (χ0n) is 21.9. The molecule has 1 saturated heterocycles. The first kappa shape index (κ1) is 28.7. The number of carbonyl (C=O) groups excluding carboxylic acids is 2. The van der Waals surface area contributed by atoms with E-state index in [4.69, 9.17) is 0 Å². The molecule has 216 valence electrons. The van der Waals surface area contributed by atoms with Crippen molar-refractivity contribution >= 4 is 50.0 Å². The van der Waals surface area contributed by atoms with E-state index >= 15 is 0 Å². The second-order valence-corrected chi connectivity index (χ2v) is 11.4. The summed E-state index contributed by atoms with van der Waals surface area (Å²) in [6.07, 6.45) is 1.75. The third-order valence-electron chi connectivity index (χ3n) is 7.70. The second kappa shape index (κ2) is 11.6. The SMILES string of the molecule is O=C(N[C@H]1CCCC[C@H]1Nc1c(C(=O)N2CCC(F)(F)CC2)cc(Br)cc1[N+](=O)[O-])c1cc(=O)[nH]c2ccccc12. The number of nitro groups is 1. The number of hydrogen-bond acceptors (Lipinski definition) is 6. The summed E-state index contributed by atoms with van der Waals surface area (Å²) in [7, 11) is 0. The highest BCUT2D eigenvalue weighted by Crippen LogP contribution is 2.37. The summed E-state index contributed by atoms with van der Waals surface area (Å²) in [6, 6.07) is 9.97. The van der Waals surface area contributed by atoms with Crippen LogP contribution < -0.4 is 16.2 Å². The van der Waals surface area contributed by atoms with E-state index < -0.39 is 53.1 Å². The molecule has 2 fully saturated rings. The van der Waals surface area contributed by atoms with Gasteiger partial charge in [-0.05, 0) is 25.0 Å². The van der Waals surface area contributed by atoms with Gasteiger partial charge in [0.05, 0.1) is 16.1 Å². The molecule has 3 N–H and O–H groups in total. The number of amides is 2. The predicted octanol–water partition coefficient (Wildman–Crippen LogP) is 5.22. The minimum atomic E-state index is -2.86. The lowest BCUT2D eigenvalue weighted by molar-refractivity contribution is -0.384. The molecule has 0 radical (unpaired) electrons. The summed E-state index contributed by atoms with van der Waals surface area (Å²) in [6.45, 7) is -0.338. The number of nitrogens with zero attached hydrogens (tertiary/aromatic N) is 2. The average Bonchev–Trinajstić information content (AvgIpc) is 2.93. The average molecular weight is 632 g/mol. The number of benzene rings is 2. The van der Waals surface area contributed by atoms with Crippen LogP contribution >= 0.6 is 15.9 Å². The molecule has 1 aliphatic carbocycles. The third-order valence-corrected chi connectivity index (χ3v) is 8.16. The van der Waals surface area contributed by atoms with Crippen molar-refractivity contribution in [1.82, 2.24) is 15.2 Å². The molecule has 2 heterocycles. The van der Waals surface area contributed by atoms with Crippen LogP contribution in [0.25, 0.3) is 10.9 Å². The van der Waals surface area contributed by atoms with E-state index in [1.54, 1.807) is 24.3 Å². The molecule has 2 aliphatic rings. The van der Waals surface area contributed by atoms with E-state index in [-0.39, 0.29) is 35.6 Å².